The number of ether oxygens (including phenoxy) is 1. The Morgan fingerprint density at radius 2 is 2.36 bits per heavy atom. The van der Waals surface area contributed by atoms with E-state index in [0.717, 1.165) is 25.9 Å². The van der Waals surface area contributed by atoms with Crippen LogP contribution in [0.1, 0.15) is 5.56 Å². The zero-order valence-electron chi connectivity index (χ0n) is 7.58. The highest BCUT2D eigenvalue weighted by Gasteiger charge is 2.11. The lowest BCUT2D eigenvalue weighted by atomic mass is 10.1. The van der Waals surface area contributed by atoms with E-state index < -0.39 is 0 Å². The second kappa shape index (κ2) is 3.88. The van der Waals surface area contributed by atoms with E-state index in [0.29, 0.717) is 0 Å². The van der Waals surface area contributed by atoms with Gasteiger partial charge in [0.25, 0.3) is 0 Å². The zero-order chi connectivity index (χ0) is 10.1. The number of benzene rings is 1. The first-order valence-corrected chi connectivity index (χ1v) is 5.78. The molecule has 0 aliphatic heterocycles. The second-order valence-corrected chi connectivity index (χ2v) is 4.60. The molecule has 0 aliphatic rings. The number of rotatable bonds is 2. The lowest BCUT2D eigenvalue weighted by molar-refractivity contribution is 0.273. The van der Waals surface area contributed by atoms with Crippen molar-refractivity contribution in [1.82, 2.24) is 0 Å². The molecule has 0 unspecified atom stereocenters. The van der Waals surface area contributed by atoms with Crippen LogP contribution in [0.25, 0.3) is 10.1 Å². The SMILES string of the molecule is COc1cc2sccc2c(Br)c1CO. The molecule has 0 radical (unpaired) electrons. The van der Waals surface area contributed by atoms with Crippen LogP contribution in [0, 0.1) is 0 Å². The standard InChI is InChI=1S/C10H9BrO2S/c1-13-8-4-9-6(2-3-14-9)10(11)7(8)5-12/h2-4,12H,5H2,1H3. The number of methoxy groups -OCH3 is 1. The molecule has 74 valence electrons. The van der Waals surface area contributed by atoms with E-state index in [4.69, 9.17) is 4.74 Å². The third kappa shape index (κ3) is 1.43. The predicted molar refractivity (Wildman–Crippen MR) is 62.0 cm³/mol. The number of fused-ring (bicyclic) bond motifs is 1. The highest BCUT2D eigenvalue weighted by Crippen LogP contribution is 2.37. The lowest BCUT2D eigenvalue weighted by Gasteiger charge is -2.09. The summed E-state index contributed by atoms with van der Waals surface area (Å²) in [5.74, 6) is 0.731. The van der Waals surface area contributed by atoms with Crippen molar-refractivity contribution in [2.75, 3.05) is 7.11 Å². The molecule has 0 fully saturated rings. The number of hydrogen-bond acceptors (Lipinski definition) is 3. The van der Waals surface area contributed by atoms with Crippen LogP contribution in [0.15, 0.2) is 22.0 Å². The first-order chi connectivity index (χ1) is 6.77. The Hall–Kier alpha value is -0.580. The minimum absolute atomic E-state index is 0.0183. The van der Waals surface area contributed by atoms with Crippen molar-refractivity contribution in [3.63, 3.8) is 0 Å². The molecule has 0 aliphatic carbocycles. The Bertz CT molecular complexity index is 464. The Balaban J connectivity index is 2.79. The summed E-state index contributed by atoms with van der Waals surface area (Å²) in [6.45, 7) is -0.0183. The summed E-state index contributed by atoms with van der Waals surface area (Å²) in [5.41, 5.74) is 0.804. The monoisotopic (exact) mass is 272 g/mol. The summed E-state index contributed by atoms with van der Waals surface area (Å²) >= 11 is 5.14. The topological polar surface area (TPSA) is 29.5 Å². The van der Waals surface area contributed by atoms with Crippen LogP contribution in [0.5, 0.6) is 5.75 Å². The molecule has 1 heterocycles. The van der Waals surface area contributed by atoms with E-state index in [1.54, 1.807) is 18.4 Å². The van der Waals surface area contributed by atoms with E-state index in [1.807, 2.05) is 17.5 Å². The van der Waals surface area contributed by atoms with Crippen molar-refractivity contribution < 1.29 is 9.84 Å². The summed E-state index contributed by atoms with van der Waals surface area (Å²) < 4.78 is 7.30. The number of hydrogen-bond donors (Lipinski definition) is 1. The van der Waals surface area contributed by atoms with E-state index >= 15 is 0 Å². The molecule has 0 bridgehead atoms. The number of aliphatic hydroxyl groups is 1. The van der Waals surface area contributed by atoms with Crippen LogP contribution < -0.4 is 4.74 Å². The summed E-state index contributed by atoms with van der Waals surface area (Å²) in [7, 11) is 1.61. The Morgan fingerprint density at radius 3 is 3.00 bits per heavy atom. The minimum Gasteiger partial charge on any atom is -0.496 e. The van der Waals surface area contributed by atoms with Gasteiger partial charge in [-0.15, -0.1) is 11.3 Å². The summed E-state index contributed by atoms with van der Waals surface area (Å²) in [6.07, 6.45) is 0. The molecule has 1 aromatic heterocycles. The predicted octanol–water partition coefficient (Wildman–Crippen LogP) is 3.16. The van der Waals surface area contributed by atoms with Gasteiger partial charge in [0, 0.05) is 20.1 Å². The van der Waals surface area contributed by atoms with Crippen LogP contribution in [0.4, 0.5) is 0 Å². The van der Waals surface area contributed by atoms with Gasteiger partial charge in [-0.1, -0.05) is 0 Å². The second-order valence-electron chi connectivity index (χ2n) is 2.86. The molecule has 0 atom stereocenters. The number of halogens is 1. The maximum Gasteiger partial charge on any atom is 0.126 e. The van der Waals surface area contributed by atoms with Crippen molar-refractivity contribution in [2.24, 2.45) is 0 Å². The fraction of sp³-hybridized carbons (Fsp3) is 0.200. The average molecular weight is 273 g/mol. The highest BCUT2D eigenvalue weighted by atomic mass is 79.9. The summed E-state index contributed by atoms with van der Waals surface area (Å²) in [6, 6.07) is 3.99. The van der Waals surface area contributed by atoms with Crippen molar-refractivity contribution in [1.29, 1.82) is 0 Å². The summed E-state index contributed by atoms with van der Waals surface area (Å²) in [5, 5.41) is 12.4. The highest BCUT2D eigenvalue weighted by molar-refractivity contribution is 9.10. The van der Waals surface area contributed by atoms with Crippen molar-refractivity contribution in [2.45, 2.75) is 6.61 Å². The van der Waals surface area contributed by atoms with Gasteiger partial charge in [-0.25, -0.2) is 0 Å². The smallest absolute Gasteiger partial charge is 0.126 e. The minimum atomic E-state index is -0.0183. The first kappa shape index (κ1) is 9.96. The van der Waals surface area contributed by atoms with Gasteiger partial charge in [0.2, 0.25) is 0 Å². The molecule has 0 saturated carbocycles. The van der Waals surface area contributed by atoms with Gasteiger partial charge in [-0.3, -0.25) is 0 Å². The Labute approximate surface area is 94.3 Å². The van der Waals surface area contributed by atoms with Crippen LogP contribution >= 0.6 is 27.3 Å². The summed E-state index contributed by atoms with van der Waals surface area (Å²) in [4.78, 5) is 0. The molecular formula is C10H9BrO2S. The number of thiophene rings is 1. The molecule has 14 heavy (non-hydrogen) atoms. The molecule has 1 N–H and O–H groups in total. The van der Waals surface area contributed by atoms with Gasteiger partial charge in [-0.05, 0) is 33.4 Å². The van der Waals surface area contributed by atoms with Crippen LogP contribution in [-0.4, -0.2) is 12.2 Å². The molecule has 2 aromatic rings. The van der Waals surface area contributed by atoms with Crippen LogP contribution in [0.2, 0.25) is 0 Å². The molecule has 0 spiro atoms. The van der Waals surface area contributed by atoms with Crippen molar-refractivity contribution in [3.05, 3.63) is 27.5 Å². The zero-order valence-corrected chi connectivity index (χ0v) is 9.98. The fourth-order valence-corrected chi connectivity index (χ4v) is 3.04. The molecule has 2 nitrogen and oxygen atoms in total. The molecule has 0 saturated heterocycles. The van der Waals surface area contributed by atoms with Gasteiger partial charge in [0.15, 0.2) is 0 Å². The number of aliphatic hydroxyl groups excluding tert-OH is 1. The molecule has 2 rings (SSSR count). The first-order valence-electron chi connectivity index (χ1n) is 4.11. The third-order valence-corrected chi connectivity index (χ3v) is 3.90. The Kier molecular flexibility index (Phi) is 2.76. The van der Waals surface area contributed by atoms with Crippen molar-refractivity contribution >= 4 is 37.4 Å². The maximum absolute atomic E-state index is 9.22. The van der Waals surface area contributed by atoms with Gasteiger partial charge in [0.05, 0.1) is 13.7 Å². The van der Waals surface area contributed by atoms with Crippen LogP contribution in [0.3, 0.4) is 0 Å². The van der Waals surface area contributed by atoms with E-state index in [-0.39, 0.29) is 6.61 Å². The fourth-order valence-electron chi connectivity index (χ4n) is 1.42. The van der Waals surface area contributed by atoms with E-state index in [2.05, 4.69) is 15.9 Å². The molecule has 1 aromatic carbocycles. The van der Waals surface area contributed by atoms with E-state index in [9.17, 15) is 5.11 Å². The van der Waals surface area contributed by atoms with Crippen molar-refractivity contribution in [3.8, 4) is 5.75 Å². The molecular weight excluding hydrogens is 264 g/mol. The Morgan fingerprint density at radius 1 is 1.57 bits per heavy atom. The third-order valence-electron chi connectivity index (χ3n) is 2.13. The quantitative estimate of drug-likeness (QED) is 0.910. The largest absolute Gasteiger partial charge is 0.496 e. The maximum atomic E-state index is 9.22. The van der Waals surface area contributed by atoms with Gasteiger partial charge < -0.3 is 9.84 Å². The molecule has 4 heteroatoms. The van der Waals surface area contributed by atoms with Crippen LogP contribution in [-0.2, 0) is 6.61 Å². The average Bonchev–Trinajstić information content (AvgIpc) is 2.65. The van der Waals surface area contributed by atoms with E-state index in [1.165, 1.54) is 0 Å². The van der Waals surface area contributed by atoms with Gasteiger partial charge in [-0.2, -0.15) is 0 Å². The lowest BCUT2D eigenvalue weighted by Crippen LogP contribution is -1.93. The van der Waals surface area contributed by atoms with Gasteiger partial charge >= 0.3 is 0 Å². The molecule has 0 amide bonds. The van der Waals surface area contributed by atoms with Gasteiger partial charge in [0.1, 0.15) is 5.75 Å². The normalized spacial score (nSPS) is 10.8.